The molecule has 192 valence electrons. The predicted octanol–water partition coefficient (Wildman–Crippen LogP) is 4.79. The van der Waals surface area contributed by atoms with Crippen LogP contribution in [-0.4, -0.2) is 50.0 Å². The molecule has 2 aromatic rings. The second-order valence-electron chi connectivity index (χ2n) is 8.56. The van der Waals surface area contributed by atoms with E-state index >= 15 is 0 Å². The van der Waals surface area contributed by atoms with E-state index in [4.69, 9.17) is 23.2 Å². The average molecular weight is 543 g/mol. The van der Waals surface area contributed by atoms with E-state index in [0.717, 1.165) is 28.1 Å². The third-order valence-corrected chi connectivity index (χ3v) is 7.74. The Hall–Kier alpha value is -2.29. The van der Waals surface area contributed by atoms with Gasteiger partial charge >= 0.3 is 0 Å². The van der Waals surface area contributed by atoms with E-state index < -0.39 is 28.5 Å². The molecule has 2 rings (SSSR count). The molecular formula is C25H33Cl2N3O4S. The first-order valence-corrected chi connectivity index (χ1v) is 14.1. The maximum Gasteiger partial charge on any atom is 0.244 e. The van der Waals surface area contributed by atoms with Gasteiger partial charge in [-0.2, -0.15) is 0 Å². The lowest BCUT2D eigenvalue weighted by Crippen LogP contribution is -2.53. The van der Waals surface area contributed by atoms with Crippen LogP contribution in [0.3, 0.4) is 0 Å². The number of nitrogens with one attached hydrogen (secondary N) is 1. The van der Waals surface area contributed by atoms with E-state index in [1.54, 1.807) is 0 Å². The van der Waals surface area contributed by atoms with Gasteiger partial charge in [-0.1, -0.05) is 61.3 Å². The third-order valence-electron chi connectivity index (χ3n) is 5.86. The first-order chi connectivity index (χ1) is 16.4. The zero-order valence-electron chi connectivity index (χ0n) is 20.7. The number of carbonyl (C=O) groups excluding carboxylic acids is 2. The zero-order valence-corrected chi connectivity index (χ0v) is 23.0. The molecule has 2 aromatic carbocycles. The summed E-state index contributed by atoms with van der Waals surface area (Å²) in [6.07, 6.45) is 2.13. The van der Waals surface area contributed by atoms with E-state index in [-0.39, 0.29) is 34.2 Å². The van der Waals surface area contributed by atoms with Gasteiger partial charge in [0, 0.05) is 12.6 Å². The highest BCUT2D eigenvalue weighted by atomic mass is 35.5. The molecule has 0 saturated heterocycles. The highest BCUT2D eigenvalue weighted by Gasteiger charge is 2.32. The van der Waals surface area contributed by atoms with Crippen molar-refractivity contribution in [1.29, 1.82) is 0 Å². The molecule has 7 nitrogen and oxygen atoms in total. The Morgan fingerprint density at radius 2 is 1.69 bits per heavy atom. The summed E-state index contributed by atoms with van der Waals surface area (Å²) < 4.78 is 26.3. The number of hydrogen-bond acceptors (Lipinski definition) is 4. The molecule has 0 bridgehead atoms. The highest BCUT2D eigenvalue weighted by Crippen LogP contribution is 2.28. The van der Waals surface area contributed by atoms with E-state index in [1.165, 1.54) is 23.1 Å². The maximum absolute atomic E-state index is 13.7. The molecule has 0 heterocycles. The number of nitrogens with zero attached hydrogens (tertiary/aromatic N) is 2. The van der Waals surface area contributed by atoms with Crippen LogP contribution < -0.4 is 9.62 Å². The van der Waals surface area contributed by atoms with Gasteiger partial charge in [0.15, 0.2) is 0 Å². The van der Waals surface area contributed by atoms with Gasteiger partial charge in [0.2, 0.25) is 21.8 Å². The number of rotatable bonds is 11. The Kier molecular flexibility index (Phi) is 10.4. The van der Waals surface area contributed by atoms with Gasteiger partial charge in [-0.3, -0.25) is 13.9 Å². The van der Waals surface area contributed by atoms with Crippen molar-refractivity contribution in [2.45, 2.75) is 59.2 Å². The molecule has 0 aromatic heterocycles. The molecule has 0 aliphatic rings. The van der Waals surface area contributed by atoms with Gasteiger partial charge in [-0.15, -0.1) is 0 Å². The van der Waals surface area contributed by atoms with Gasteiger partial charge in [-0.05, 0) is 56.0 Å². The fourth-order valence-corrected chi connectivity index (χ4v) is 4.72. The standard InChI is InChI=1S/C25H33Cl2N3O4S/c1-6-18(4)28-25(32)23(7-2)29(15-19-11-9-8-10-17(19)3)24(31)16-30(35(5,33)34)20-12-13-21(26)22(27)14-20/h8-14,18,23H,6-7,15-16H2,1-5H3,(H,28,32)/t18-,23+/m1/s1. The van der Waals surface area contributed by atoms with Crippen LogP contribution in [0, 0.1) is 6.92 Å². The Balaban J connectivity index is 2.47. The summed E-state index contributed by atoms with van der Waals surface area (Å²) in [4.78, 5) is 28.3. The number of aryl methyl sites for hydroxylation is 1. The second-order valence-corrected chi connectivity index (χ2v) is 11.3. The lowest BCUT2D eigenvalue weighted by atomic mass is 10.1. The fourth-order valence-electron chi connectivity index (χ4n) is 3.59. The minimum absolute atomic E-state index is 0.0595. The molecule has 0 aliphatic carbocycles. The molecule has 0 saturated carbocycles. The van der Waals surface area contributed by atoms with Crippen molar-refractivity contribution in [3.05, 3.63) is 63.6 Å². The first-order valence-electron chi connectivity index (χ1n) is 11.5. The summed E-state index contributed by atoms with van der Waals surface area (Å²) in [5.41, 5.74) is 2.05. The van der Waals surface area contributed by atoms with Crippen LogP contribution in [-0.2, 0) is 26.2 Å². The zero-order chi connectivity index (χ0) is 26.3. The molecule has 10 heteroatoms. The Labute approximate surface area is 218 Å². The average Bonchev–Trinajstić information content (AvgIpc) is 2.79. The van der Waals surface area contributed by atoms with Crippen LogP contribution in [0.2, 0.25) is 10.0 Å². The van der Waals surface area contributed by atoms with E-state index in [1.807, 2.05) is 52.0 Å². The fraction of sp³-hybridized carbons (Fsp3) is 0.440. The minimum atomic E-state index is -3.85. The van der Waals surface area contributed by atoms with Gasteiger partial charge in [-0.25, -0.2) is 8.42 Å². The SMILES string of the molecule is CC[C@@H](C)NC(=O)[C@H](CC)N(Cc1ccccc1C)C(=O)CN(c1ccc(Cl)c(Cl)c1)S(C)(=O)=O. The largest absolute Gasteiger partial charge is 0.352 e. The quantitative estimate of drug-likeness (QED) is 0.443. The normalized spacial score (nSPS) is 13.1. The number of anilines is 1. The van der Waals surface area contributed by atoms with E-state index in [0.29, 0.717) is 6.42 Å². The van der Waals surface area contributed by atoms with Crippen LogP contribution in [0.4, 0.5) is 5.69 Å². The molecular weight excluding hydrogens is 509 g/mol. The van der Waals surface area contributed by atoms with Crippen LogP contribution in [0.5, 0.6) is 0 Å². The first kappa shape index (κ1) is 28.9. The van der Waals surface area contributed by atoms with Crippen LogP contribution >= 0.6 is 23.2 Å². The lowest BCUT2D eigenvalue weighted by Gasteiger charge is -2.33. The summed E-state index contributed by atoms with van der Waals surface area (Å²) in [5.74, 6) is -0.778. The van der Waals surface area contributed by atoms with Gasteiger partial charge in [0.05, 0.1) is 22.0 Å². The summed E-state index contributed by atoms with van der Waals surface area (Å²) in [7, 11) is -3.85. The number of amides is 2. The van der Waals surface area contributed by atoms with Crippen molar-refractivity contribution < 1.29 is 18.0 Å². The number of carbonyl (C=O) groups is 2. The van der Waals surface area contributed by atoms with Crippen molar-refractivity contribution >= 4 is 50.7 Å². The predicted molar refractivity (Wildman–Crippen MR) is 142 cm³/mol. The summed E-state index contributed by atoms with van der Waals surface area (Å²) in [6.45, 7) is 7.28. The monoisotopic (exact) mass is 541 g/mol. The summed E-state index contributed by atoms with van der Waals surface area (Å²) in [6, 6.07) is 11.1. The Bertz CT molecular complexity index is 1160. The molecule has 0 fully saturated rings. The molecule has 0 radical (unpaired) electrons. The van der Waals surface area contributed by atoms with Crippen molar-refractivity contribution in [2.75, 3.05) is 17.1 Å². The molecule has 0 spiro atoms. The van der Waals surface area contributed by atoms with Gasteiger partial charge in [0.25, 0.3) is 0 Å². The van der Waals surface area contributed by atoms with Crippen LogP contribution in [0.25, 0.3) is 0 Å². The highest BCUT2D eigenvalue weighted by molar-refractivity contribution is 7.92. The summed E-state index contributed by atoms with van der Waals surface area (Å²) in [5, 5.41) is 3.38. The Morgan fingerprint density at radius 1 is 1.03 bits per heavy atom. The molecule has 1 N–H and O–H groups in total. The topological polar surface area (TPSA) is 86.8 Å². The molecule has 35 heavy (non-hydrogen) atoms. The number of halogens is 2. The van der Waals surface area contributed by atoms with Crippen molar-refractivity contribution in [2.24, 2.45) is 0 Å². The van der Waals surface area contributed by atoms with Crippen molar-refractivity contribution in [3.8, 4) is 0 Å². The van der Waals surface area contributed by atoms with Crippen LogP contribution in [0.15, 0.2) is 42.5 Å². The minimum Gasteiger partial charge on any atom is -0.352 e. The lowest BCUT2D eigenvalue weighted by molar-refractivity contribution is -0.140. The van der Waals surface area contributed by atoms with Crippen molar-refractivity contribution in [3.63, 3.8) is 0 Å². The third kappa shape index (κ3) is 7.85. The molecule has 0 unspecified atom stereocenters. The van der Waals surface area contributed by atoms with E-state index in [2.05, 4.69) is 5.32 Å². The maximum atomic E-state index is 13.7. The molecule has 2 amide bonds. The smallest absolute Gasteiger partial charge is 0.244 e. The molecule has 2 atom stereocenters. The second kappa shape index (κ2) is 12.6. The Morgan fingerprint density at radius 3 is 2.23 bits per heavy atom. The molecule has 0 aliphatic heterocycles. The van der Waals surface area contributed by atoms with Gasteiger partial charge in [0.1, 0.15) is 12.6 Å². The van der Waals surface area contributed by atoms with E-state index in [9.17, 15) is 18.0 Å². The number of hydrogen-bond donors (Lipinski definition) is 1. The van der Waals surface area contributed by atoms with Crippen molar-refractivity contribution in [1.82, 2.24) is 10.2 Å². The summed E-state index contributed by atoms with van der Waals surface area (Å²) >= 11 is 12.1. The number of benzene rings is 2. The van der Waals surface area contributed by atoms with Crippen LogP contribution in [0.1, 0.15) is 44.7 Å². The number of sulfonamides is 1. The van der Waals surface area contributed by atoms with Gasteiger partial charge < -0.3 is 10.2 Å².